The SMILES string of the molecule is O=C(CCCN1CCC(n2c(=O)[nH]c3ccccc32)CC1)c1ccc(Br)cc1. The number of imidazole rings is 1. The van der Waals surface area contributed by atoms with Crippen molar-refractivity contribution in [1.29, 1.82) is 0 Å². The molecule has 5 nitrogen and oxygen atoms in total. The highest BCUT2D eigenvalue weighted by molar-refractivity contribution is 9.10. The highest BCUT2D eigenvalue weighted by atomic mass is 79.9. The van der Waals surface area contributed by atoms with Gasteiger partial charge < -0.3 is 9.88 Å². The number of carbonyl (C=O) groups excluding carboxylic acids is 1. The quantitative estimate of drug-likeness (QED) is 0.576. The molecule has 0 spiro atoms. The summed E-state index contributed by atoms with van der Waals surface area (Å²) in [6.45, 7) is 2.85. The molecule has 1 N–H and O–H groups in total. The molecule has 4 rings (SSSR count). The summed E-state index contributed by atoms with van der Waals surface area (Å²) in [5, 5.41) is 0. The number of likely N-dealkylation sites (tertiary alicyclic amines) is 1. The van der Waals surface area contributed by atoms with E-state index in [0.29, 0.717) is 6.42 Å². The van der Waals surface area contributed by atoms with Gasteiger partial charge in [0, 0.05) is 35.6 Å². The van der Waals surface area contributed by atoms with Crippen LogP contribution in [0, 0.1) is 0 Å². The molecule has 146 valence electrons. The number of nitrogens with one attached hydrogen (secondary N) is 1. The number of para-hydroxylation sites is 2. The zero-order chi connectivity index (χ0) is 19.5. The molecular weight excluding hydrogens is 418 g/mol. The fraction of sp³-hybridized carbons (Fsp3) is 0.364. The molecular formula is C22H24BrN3O2. The van der Waals surface area contributed by atoms with E-state index < -0.39 is 0 Å². The molecule has 1 saturated heterocycles. The van der Waals surface area contributed by atoms with Crippen LogP contribution in [0.15, 0.2) is 57.8 Å². The van der Waals surface area contributed by atoms with Crippen molar-refractivity contribution < 1.29 is 4.79 Å². The van der Waals surface area contributed by atoms with Crippen molar-refractivity contribution in [2.24, 2.45) is 0 Å². The molecule has 0 unspecified atom stereocenters. The number of fused-ring (bicyclic) bond motifs is 1. The van der Waals surface area contributed by atoms with Gasteiger partial charge in [0.05, 0.1) is 11.0 Å². The third-order valence-electron chi connectivity index (χ3n) is 5.59. The summed E-state index contributed by atoms with van der Waals surface area (Å²) in [7, 11) is 0. The van der Waals surface area contributed by atoms with E-state index in [1.54, 1.807) is 0 Å². The van der Waals surface area contributed by atoms with Crippen molar-refractivity contribution in [3.05, 3.63) is 69.1 Å². The molecule has 0 bridgehead atoms. The second kappa shape index (κ2) is 8.45. The lowest BCUT2D eigenvalue weighted by Gasteiger charge is -2.32. The van der Waals surface area contributed by atoms with Crippen molar-refractivity contribution in [1.82, 2.24) is 14.5 Å². The van der Waals surface area contributed by atoms with E-state index in [1.807, 2.05) is 53.1 Å². The molecule has 1 aromatic heterocycles. The largest absolute Gasteiger partial charge is 0.326 e. The number of benzene rings is 2. The van der Waals surface area contributed by atoms with Gasteiger partial charge in [0.25, 0.3) is 0 Å². The molecule has 0 aliphatic carbocycles. The van der Waals surface area contributed by atoms with Crippen molar-refractivity contribution in [3.8, 4) is 0 Å². The minimum absolute atomic E-state index is 0.0141. The van der Waals surface area contributed by atoms with Gasteiger partial charge in [-0.2, -0.15) is 0 Å². The number of piperidine rings is 1. The normalized spacial score (nSPS) is 15.9. The van der Waals surface area contributed by atoms with Gasteiger partial charge in [0.2, 0.25) is 0 Å². The lowest BCUT2D eigenvalue weighted by Crippen LogP contribution is -2.37. The van der Waals surface area contributed by atoms with Gasteiger partial charge in [-0.3, -0.25) is 9.36 Å². The molecule has 0 saturated carbocycles. The fourth-order valence-corrected chi connectivity index (χ4v) is 4.35. The van der Waals surface area contributed by atoms with Gasteiger partial charge in [-0.05, 0) is 50.1 Å². The highest BCUT2D eigenvalue weighted by Crippen LogP contribution is 2.25. The summed E-state index contributed by atoms with van der Waals surface area (Å²) in [5.41, 5.74) is 2.66. The van der Waals surface area contributed by atoms with Crippen LogP contribution in [0.5, 0.6) is 0 Å². The van der Waals surface area contributed by atoms with Gasteiger partial charge in [-0.25, -0.2) is 4.79 Å². The Kier molecular flexibility index (Phi) is 5.78. The van der Waals surface area contributed by atoms with Gasteiger partial charge in [-0.1, -0.05) is 40.2 Å². The summed E-state index contributed by atoms with van der Waals surface area (Å²) in [6.07, 6.45) is 3.36. The van der Waals surface area contributed by atoms with Gasteiger partial charge in [0.1, 0.15) is 0 Å². The average Bonchev–Trinajstić information content (AvgIpc) is 3.05. The van der Waals surface area contributed by atoms with E-state index >= 15 is 0 Å². The number of carbonyl (C=O) groups is 1. The minimum Gasteiger partial charge on any atom is -0.306 e. The lowest BCUT2D eigenvalue weighted by molar-refractivity contribution is 0.0970. The molecule has 1 aliphatic rings. The summed E-state index contributed by atoms with van der Waals surface area (Å²) in [4.78, 5) is 30.0. The number of H-pyrrole nitrogens is 1. The number of halogens is 1. The Balaban J connectivity index is 1.28. The van der Waals surface area contributed by atoms with Crippen LogP contribution in [0.4, 0.5) is 0 Å². The summed E-state index contributed by atoms with van der Waals surface area (Å²) in [6, 6.07) is 15.7. The predicted molar refractivity (Wildman–Crippen MR) is 115 cm³/mol. The van der Waals surface area contributed by atoms with Crippen LogP contribution in [0.2, 0.25) is 0 Å². The van der Waals surface area contributed by atoms with E-state index in [4.69, 9.17) is 0 Å². The highest BCUT2D eigenvalue weighted by Gasteiger charge is 2.23. The van der Waals surface area contributed by atoms with E-state index in [2.05, 4.69) is 25.8 Å². The van der Waals surface area contributed by atoms with Crippen LogP contribution in [-0.2, 0) is 0 Å². The molecule has 1 aliphatic heterocycles. The van der Waals surface area contributed by atoms with E-state index in [0.717, 1.165) is 60.0 Å². The maximum absolute atomic E-state index is 12.4. The number of nitrogens with zero attached hydrogens (tertiary/aromatic N) is 2. The van der Waals surface area contributed by atoms with Crippen molar-refractivity contribution >= 4 is 32.7 Å². The van der Waals surface area contributed by atoms with Crippen LogP contribution < -0.4 is 5.69 Å². The summed E-state index contributed by atoms with van der Waals surface area (Å²) in [5.74, 6) is 0.202. The molecule has 1 fully saturated rings. The number of Topliss-reactive ketones (excluding diaryl/α,β-unsaturated/α-hetero) is 1. The number of aromatic amines is 1. The number of ketones is 1. The Morgan fingerprint density at radius 1 is 1.07 bits per heavy atom. The monoisotopic (exact) mass is 441 g/mol. The van der Waals surface area contributed by atoms with E-state index in [-0.39, 0.29) is 17.5 Å². The van der Waals surface area contributed by atoms with Crippen molar-refractivity contribution in [2.45, 2.75) is 31.7 Å². The Morgan fingerprint density at radius 2 is 1.79 bits per heavy atom. The van der Waals surface area contributed by atoms with Gasteiger partial charge in [0.15, 0.2) is 5.78 Å². The Labute approximate surface area is 172 Å². The summed E-state index contributed by atoms with van der Waals surface area (Å²) < 4.78 is 2.91. The molecule has 28 heavy (non-hydrogen) atoms. The zero-order valence-corrected chi connectivity index (χ0v) is 17.3. The second-order valence-electron chi connectivity index (χ2n) is 7.42. The van der Waals surface area contributed by atoms with E-state index in [1.165, 1.54) is 0 Å². The molecule has 2 aromatic carbocycles. The fourth-order valence-electron chi connectivity index (χ4n) is 4.08. The minimum atomic E-state index is -0.0141. The van der Waals surface area contributed by atoms with Crippen LogP contribution >= 0.6 is 15.9 Å². The third kappa shape index (κ3) is 4.13. The average molecular weight is 442 g/mol. The molecule has 0 atom stereocenters. The molecule has 6 heteroatoms. The first-order valence-electron chi connectivity index (χ1n) is 9.82. The summed E-state index contributed by atoms with van der Waals surface area (Å²) >= 11 is 3.39. The number of rotatable bonds is 6. The maximum atomic E-state index is 12.4. The lowest BCUT2D eigenvalue weighted by atomic mass is 10.0. The van der Waals surface area contributed by atoms with Crippen LogP contribution in [0.3, 0.4) is 0 Å². The van der Waals surface area contributed by atoms with E-state index in [9.17, 15) is 9.59 Å². The van der Waals surface area contributed by atoms with Crippen LogP contribution in [0.25, 0.3) is 11.0 Å². The van der Waals surface area contributed by atoms with Crippen molar-refractivity contribution in [3.63, 3.8) is 0 Å². The molecule has 3 aromatic rings. The second-order valence-corrected chi connectivity index (χ2v) is 8.34. The first-order valence-corrected chi connectivity index (χ1v) is 10.6. The number of aromatic nitrogens is 2. The number of hydrogen-bond donors (Lipinski definition) is 1. The van der Waals surface area contributed by atoms with Gasteiger partial charge in [-0.15, -0.1) is 0 Å². The molecule has 0 radical (unpaired) electrons. The predicted octanol–water partition coefficient (Wildman–Crippen LogP) is 4.39. The topological polar surface area (TPSA) is 58.1 Å². The Bertz CT molecular complexity index is 1010. The Hall–Kier alpha value is -2.18. The standard InChI is InChI=1S/C22H24BrN3O2/c23-17-9-7-16(8-10-17)21(27)6-3-13-25-14-11-18(12-15-25)26-20-5-2-1-4-19(20)24-22(26)28/h1-2,4-5,7-10,18H,3,6,11-15H2,(H,24,28). The third-order valence-corrected chi connectivity index (χ3v) is 6.12. The first kappa shape index (κ1) is 19.2. The molecule has 0 amide bonds. The van der Waals surface area contributed by atoms with Gasteiger partial charge >= 0.3 is 5.69 Å². The number of hydrogen-bond acceptors (Lipinski definition) is 3. The van der Waals surface area contributed by atoms with Crippen LogP contribution in [0.1, 0.15) is 42.1 Å². The zero-order valence-electron chi connectivity index (χ0n) is 15.7. The smallest absolute Gasteiger partial charge is 0.306 e. The molecule has 2 heterocycles. The van der Waals surface area contributed by atoms with Crippen molar-refractivity contribution in [2.75, 3.05) is 19.6 Å². The van der Waals surface area contributed by atoms with Crippen LogP contribution in [-0.4, -0.2) is 39.9 Å². The maximum Gasteiger partial charge on any atom is 0.326 e. The Morgan fingerprint density at radius 3 is 2.54 bits per heavy atom. The first-order chi connectivity index (χ1) is 13.6.